The SMILES string of the molecule is CN(C(=O)c1ccn[nH]1)[C@@H]1CNC[C@H]1O. The average Bonchev–Trinajstić information content (AvgIpc) is 2.85. The molecule has 1 amide bonds. The molecule has 2 heterocycles. The molecule has 0 saturated carbocycles. The number of aromatic nitrogens is 2. The smallest absolute Gasteiger partial charge is 0.271 e. The molecule has 15 heavy (non-hydrogen) atoms. The van der Waals surface area contributed by atoms with Crippen molar-refractivity contribution in [1.29, 1.82) is 0 Å². The molecule has 1 saturated heterocycles. The third-order valence-corrected chi connectivity index (χ3v) is 2.70. The number of hydrogen-bond donors (Lipinski definition) is 3. The van der Waals surface area contributed by atoms with Crippen LogP contribution in [0.3, 0.4) is 0 Å². The van der Waals surface area contributed by atoms with Crippen LogP contribution in [0.2, 0.25) is 0 Å². The second-order valence-corrected chi connectivity index (χ2v) is 3.68. The summed E-state index contributed by atoms with van der Waals surface area (Å²) in [4.78, 5) is 13.4. The minimum Gasteiger partial charge on any atom is -0.390 e. The Morgan fingerprint density at radius 3 is 3.00 bits per heavy atom. The van der Waals surface area contributed by atoms with Gasteiger partial charge >= 0.3 is 0 Å². The van der Waals surface area contributed by atoms with Gasteiger partial charge in [-0.3, -0.25) is 9.89 Å². The molecule has 0 aliphatic carbocycles. The highest BCUT2D eigenvalue weighted by atomic mass is 16.3. The van der Waals surface area contributed by atoms with E-state index in [0.717, 1.165) is 0 Å². The average molecular weight is 210 g/mol. The Morgan fingerprint density at radius 1 is 1.67 bits per heavy atom. The van der Waals surface area contributed by atoms with E-state index in [1.54, 1.807) is 13.1 Å². The van der Waals surface area contributed by atoms with E-state index in [4.69, 9.17) is 0 Å². The zero-order chi connectivity index (χ0) is 10.8. The molecule has 2 rings (SSSR count). The van der Waals surface area contributed by atoms with Crippen LogP contribution in [-0.4, -0.2) is 58.4 Å². The van der Waals surface area contributed by atoms with Gasteiger partial charge in [-0.05, 0) is 6.07 Å². The Kier molecular flexibility index (Phi) is 2.70. The standard InChI is InChI=1S/C9H14N4O2/c1-13(7-4-10-5-8(7)14)9(15)6-2-3-11-12-6/h2-3,7-8,10,14H,4-5H2,1H3,(H,11,12)/t7-,8-/m1/s1. The largest absolute Gasteiger partial charge is 0.390 e. The fraction of sp³-hybridized carbons (Fsp3) is 0.556. The lowest BCUT2D eigenvalue weighted by atomic mass is 10.2. The van der Waals surface area contributed by atoms with Gasteiger partial charge in [0.05, 0.1) is 12.1 Å². The Hall–Kier alpha value is -1.40. The second kappa shape index (κ2) is 4.00. The lowest BCUT2D eigenvalue weighted by Gasteiger charge is -2.25. The number of aliphatic hydroxyl groups is 1. The van der Waals surface area contributed by atoms with Gasteiger partial charge in [0.1, 0.15) is 5.69 Å². The topological polar surface area (TPSA) is 81.2 Å². The summed E-state index contributed by atoms with van der Waals surface area (Å²) in [6.45, 7) is 1.16. The summed E-state index contributed by atoms with van der Waals surface area (Å²) in [5.74, 6) is -0.153. The van der Waals surface area contributed by atoms with E-state index in [-0.39, 0.29) is 11.9 Å². The number of H-pyrrole nitrogens is 1. The van der Waals surface area contributed by atoms with Crippen LogP contribution in [0.4, 0.5) is 0 Å². The van der Waals surface area contributed by atoms with E-state index in [9.17, 15) is 9.90 Å². The van der Waals surface area contributed by atoms with Crippen molar-refractivity contribution in [3.8, 4) is 0 Å². The molecule has 1 aliphatic rings. The van der Waals surface area contributed by atoms with Gasteiger partial charge in [-0.2, -0.15) is 5.10 Å². The van der Waals surface area contributed by atoms with Crippen molar-refractivity contribution < 1.29 is 9.90 Å². The molecule has 1 aliphatic heterocycles. The number of carbonyl (C=O) groups excluding carboxylic acids is 1. The van der Waals surface area contributed by atoms with Gasteiger partial charge in [-0.25, -0.2) is 0 Å². The molecule has 2 atom stereocenters. The normalized spacial score (nSPS) is 25.5. The monoisotopic (exact) mass is 210 g/mol. The zero-order valence-corrected chi connectivity index (χ0v) is 8.47. The van der Waals surface area contributed by atoms with Gasteiger partial charge in [0.2, 0.25) is 0 Å². The molecule has 6 nitrogen and oxygen atoms in total. The molecule has 0 unspecified atom stereocenters. The minimum atomic E-state index is -0.498. The van der Waals surface area contributed by atoms with Crippen LogP contribution in [0.15, 0.2) is 12.3 Å². The van der Waals surface area contributed by atoms with Crippen molar-refractivity contribution in [2.24, 2.45) is 0 Å². The molecule has 0 radical (unpaired) electrons. The summed E-state index contributed by atoms with van der Waals surface area (Å²) in [6, 6.07) is 1.45. The van der Waals surface area contributed by atoms with E-state index in [0.29, 0.717) is 18.8 Å². The maximum Gasteiger partial charge on any atom is 0.271 e. The molecule has 1 fully saturated rings. The molecule has 6 heteroatoms. The van der Waals surface area contributed by atoms with Crippen LogP contribution < -0.4 is 5.32 Å². The van der Waals surface area contributed by atoms with Gasteiger partial charge in [0.15, 0.2) is 0 Å². The fourth-order valence-electron chi connectivity index (χ4n) is 1.76. The van der Waals surface area contributed by atoms with Crippen LogP contribution in [-0.2, 0) is 0 Å². The highest BCUT2D eigenvalue weighted by Crippen LogP contribution is 2.10. The number of β-amino-alcohol motifs (C(OH)–C–C–N with tert-alkyl or cyclic N) is 1. The maximum absolute atomic E-state index is 11.9. The minimum absolute atomic E-state index is 0.153. The number of rotatable bonds is 2. The first-order valence-corrected chi connectivity index (χ1v) is 4.85. The number of likely N-dealkylation sites (N-methyl/N-ethyl adjacent to an activating group) is 1. The molecule has 0 spiro atoms. The summed E-state index contributed by atoms with van der Waals surface area (Å²) in [5, 5.41) is 19.0. The molecule has 3 N–H and O–H groups in total. The summed E-state index contributed by atoms with van der Waals surface area (Å²) in [5.41, 5.74) is 0.441. The number of aliphatic hydroxyl groups excluding tert-OH is 1. The number of nitrogens with one attached hydrogen (secondary N) is 2. The Bertz CT molecular complexity index is 338. The predicted octanol–water partition coefficient (Wildman–Crippen LogP) is -1.19. The summed E-state index contributed by atoms with van der Waals surface area (Å²) in [6.07, 6.45) is 1.03. The third kappa shape index (κ3) is 1.86. The first-order chi connectivity index (χ1) is 7.20. The van der Waals surface area contributed by atoms with Gasteiger partial charge < -0.3 is 15.3 Å². The van der Waals surface area contributed by atoms with Crippen LogP contribution >= 0.6 is 0 Å². The fourth-order valence-corrected chi connectivity index (χ4v) is 1.76. The third-order valence-electron chi connectivity index (χ3n) is 2.70. The van der Waals surface area contributed by atoms with Gasteiger partial charge in [-0.1, -0.05) is 0 Å². The van der Waals surface area contributed by atoms with Crippen molar-refractivity contribution in [3.05, 3.63) is 18.0 Å². The highest BCUT2D eigenvalue weighted by molar-refractivity contribution is 5.92. The summed E-state index contributed by atoms with van der Waals surface area (Å²) < 4.78 is 0. The summed E-state index contributed by atoms with van der Waals surface area (Å²) in [7, 11) is 1.68. The second-order valence-electron chi connectivity index (χ2n) is 3.68. The first-order valence-electron chi connectivity index (χ1n) is 4.85. The molecular formula is C9H14N4O2. The quantitative estimate of drug-likeness (QED) is 0.573. The Morgan fingerprint density at radius 2 is 2.47 bits per heavy atom. The van der Waals surface area contributed by atoms with E-state index in [1.807, 2.05) is 0 Å². The van der Waals surface area contributed by atoms with Crippen molar-refractivity contribution in [3.63, 3.8) is 0 Å². The number of amides is 1. The lowest BCUT2D eigenvalue weighted by Crippen LogP contribution is -2.44. The van der Waals surface area contributed by atoms with Crippen LogP contribution in [0.5, 0.6) is 0 Å². The molecule has 1 aromatic rings. The molecule has 0 bridgehead atoms. The number of hydrogen-bond acceptors (Lipinski definition) is 4. The van der Waals surface area contributed by atoms with Crippen molar-refractivity contribution in [2.75, 3.05) is 20.1 Å². The van der Waals surface area contributed by atoms with E-state index in [1.165, 1.54) is 11.1 Å². The number of nitrogens with zero attached hydrogens (tertiary/aromatic N) is 2. The maximum atomic E-state index is 11.9. The van der Waals surface area contributed by atoms with E-state index >= 15 is 0 Å². The Labute approximate surface area is 87.3 Å². The van der Waals surface area contributed by atoms with Crippen LogP contribution in [0, 0.1) is 0 Å². The van der Waals surface area contributed by atoms with Crippen molar-refractivity contribution >= 4 is 5.91 Å². The molecule has 1 aromatic heterocycles. The van der Waals surface area contributed by atoms with Crippen molar-refractivity contribution in [2.45, 2.75) is 12.1 Å². The van der Waals surface area contributed by atoms with Crippen LogP contribution in [0.1, 0.15) is 10.5 Å². The van der Waals surface area contributed by atoms with Gasteiger partial charge in [0, 0.05) is 26.3 Å². The van der Waals surface area contributed by atoms with Gasteiger partial charge in [0.25, 0.3) is 5.91 Å². The molecule has 82 valence electrons. The predicted molar refractivity (Wildman–Crippen MR) is 53.3 cm³/mol. The highest BCUT2D eigenvalue weighted by Gasteiger charge is 2.31. The van der Waals surface area contributed by atoms with E-state index < -0.39 is 6.10 Å². The first kappa shape index (κ1) is 10.1. The number of carbonyl (C=O) groups is 1. The van der Waals surface area contributed by atoms with Crippen molar-refractivity contribution in [1.82, 2.24) is 20.4 Å². The Balaban J connectivity index is 2.07. The van der Waals surface area contributed by atoms with E-state index in [2.05, 4.69) is 15.5 Å². The van der Waals surface area contributed by atoms with Gasteiger partial charge in [-0.15, -0.1) is 0 Å². The zero-order valence-electron chi connectivity index (χ0n) is 8.47. The number of aromatic amines is 1. The molecular weight excluding hydrogens is 196 g/mol. The summed E-state index contributed by atoms with van der Waals surface area (Å²) >= 11 is 0. The van der Waals surface area contributed by atoms with Crippen LogP contribution in [0.25, 0.3) is 0 Å². The molecule has 0 aromatic carbocycles. The lowest BCUT2D eigenvalue weighted by molar-refractivity contribution is 0.0576.